The van der Waals surface area contributed by atoms with E-state index < -0.39 is 0 Å². The minimum absolute atomic E-state index is 0.374. The molecule has 0 amide bonds. The Labute approximate surface area is 109 Å². The third-order valence-electron chi connectivity index (χ3n) is 1.98. The number of nitrogens with two attached hydrogens (primary N) is 2. The van der Waals surface area contributed by atoms with E-state index in [0.717, 1.165) is 0 Å². The highest BCUT2D eigenvalue weighted by Gasteiger charge is 2.17. The first-order valence-electron chi connectivity index (χ1n) is 4.74. The normalized spacial score (nSPS) is 10.7. The topological polar surface area (TPSA) is 129 Å². The third-order valence-corrected chi connectivity index (χ3v) is 3.50. The van der Waals surface area contributed by atoms with Crippen LogP contribution in [-0.4, -0.2) is 30.4 Å². The van der Waals surface area contributed by atoms with Gasteiger partial charge in [-0.15, -0.1) is 20.4 Å². The Morgan fingerprint density at radius 1 is 0.722 bits per heavy atom. The maximum Gasteiger partial charge on any atom is 0.203 e. The van der Waals surface area contributed by atoms with Gasteiger partial charge in [-0.05, 0) is 0 Å². The smallest absolute Gasteiger partial charge is 0.203 e. The molecule has 0 spiro atoms. The van der Waals surface area contributed by atoms with Crippen LogP contribution in [-0.2, 0) is 0 Å². The van der Waals surface area contributed by atoms with Crippen molar-refractivity contribution in [2.75, 3.05) is 11.5 Å². The van der Waals surface area contributed by atoms with E-state index in [1.165, 1.54) is 22.7 Å². The molecule has 0 atom stereocenters. The van der Waals surface area contributed by atoms with Crippen LogP contribution in [0.5, 0.6) is 0 Å². The summed E-state index contributed by atoms with van der Waals surface area (Å²) in [7, 11) is 0. The molecular weight excluding hydrogens is 272 g/mol. The van der Waals surface area contributed by atoms with Gasteiger partial charge in [-0.3, -0.25) is 0 Å². The van der Waals surface area contributed by atoms with Gasteiger partial charge in [0.1, 0.15) is 11.4 Å². The lowest BCUT2D eigenvalue weighted by atomic mass is 10.3. The van der Waals surface area contributed by atoms with Gasteiger partial charge in [0.25, 0.3) is 0 Å². The van der Waals surface area contributed by atoms with Crippen LogP contribution in [0.1, 0.15) is 0 Å². The van der Waals surface area contributed by atoms with Gasteiger partial charge in [0.05, 0.1) is 0 Å². The van der Waals surface area contributed by atoms with E-state index in [1.807, 2.05) is 0 Å². The fraction of sp³-hybridized carbons (Fsp3) is 0. The van der Waals surface area contributed by atoms with Gasteiger partial charge in [-0.1, -0.05) is 22.7 Å². The molecular formula is C8H6N8S2. The number of hydrogen-bond acceptors (Lipinski definition) is 10. The number of aromatic nitrogens is 6. The molecule has 0 saturated carbocycles. The Hall–Kier alpha value is -2.20. The van der Waals surface area contributed by atoms with Crippen LogP contribution >= 0.6 is 22.7 Å². The molecule has 4 N–H and O–H groups in total. The zero-order valence-electron chi connectivity index (χ0n) is 8.81. The summed E-state index contributed by atoms with van der Waals surface area (Å²) in [5.74, 6) is 0. The highest BCUT2D eigenvalue weighted by molar-refractivity contribution is 7.19. The van der Waals surface area contributed by atoms with Gasteiger partial charge in [0.15, 0.2) is 10.0 Å². The average Bonchev–Trinajstić information content (AvgIpc) is 2.98. The quantitative estimate of drug-likeness (QED) is 0.699. The summed E-state index contributed by atoms with van der Waals surface area (Å²) >= 11 is 2.47. The van der Waals surface area contributed by atoms with Crippen LogP contribution in [0, 0.1) is 0 Å². The molecule has 90 valence electrons. The second-order valence-electron chi connectivity index (χ2n) is 3.14. The lowest BCUT2D eigenvalue weighted by Gasteiger charge is -1.99. The SMILES string of the molecule is Nc1nnc(-c2nccnc2-c2nnc(N)s2)s1. The predicted molar refractivity (Wildman–Crippen MR) is 68.7 cm³/mol. The molecule has 8 nitrogen and oxygen atoms in total. The Morgan fingerprint density at radius 3 is 1.50 bits per heavy atom. The van der Waals surface area contributed by atoms with E-state index in [0.29, 0.717) is 31.7 Å². The van der Waals surface area contributed by atoms with Gasteiger partial charge in [0.2, 0.25) is 10.3 Å². The zero-order chi connectivity index (χ0) is 12.5. The average molecular weight is 278 g/mol. The van der Waals surface area contributed by atoms with Crippen LogP contribution < -0.4 is 11.5 Å². The Morgan fingerprint density at radius 2 is 1.17 bits per heavy atom. The summed E-state index contributed by atoms with van der Waals surface area (Å²) in [6.45, 7) is 0. The van der Waals surface area contributed by atoms with Crippen LogP contribution in [0.15, 0.2) is 12.4 Å². The van der Waals surface area contributed by atoms with Crippen molar-refractivity contribution in [1.29, 1.82) is 0 Å². The van der Waals surface area contributed by atoms with E-state index in [-0.39, 0.29) is 0 Å². The highest BCUT2D eigenvalue weighted by atomic mass is 32.1. The van der Waals surface area contributed by atoms with Gasteiger partial charge in [-0.2, -0.15) is 0 Å². The molecule has 0 radical (unpaired) electrons. The Kier molecular flexibility index (Phi) is 2.57. The fourth-order valence-electron chi connectivity index (χ4n) is 1.31. The van der Waals surface area contributed by atoms with Gasteiger partial charge < -0.3 is 11.5 Å². The van der Waals surface area contributed by atoms with E-state index in [9.17, 15) is 0 Å². The number of hydrogen-bond donors (Lipinski definition) is 2. The first kappa shape index (κ1) is 10.9. The lowest BCUT2D eigenvalue weighted by Crippen LogP contribution is -1.91. The lowest BCUT2D eigenvalue weighted by molar-refractivity contribution is 1.07. The molecule has 3 aromatic heterocycles. The number of nitrogens with zero attached hydrogens (tertiary/aromatic N) is 6. The summed E-state index contributed by atoms with van der Waals surface area (Å²) in [5, 5.41) is 17.3. The van der Waals surface area contributed by atoms with Crippen molar-refractivity contribution in [3.63, 3.8) is 0 Å². The first-order valence-corrected chi connectivity index (χ1v) is 6.37. The maximum absolute atomic E-state index is 5.56. The largest absolute Gasteiger partial charge is 0.374 e. The van der Waals surface area contributed by atoms with Gasteiger partial charge in [0, 0.05) is 12.4 Å². The van der Waals surface area contributed by atoms with Crippen molar-refractivity contribution < 1.29 is 0 Å². The van der Waals surface area contributed by atoms with Gasteiger partial charge >= 0.3 is 0 Å². The summed E-state index contributed by atoms with van der Waals surface area (Å²) in [5.41, 5.74) is 12.3. The minimum Gasteiger partial charge on any atom is -0.374 e. The summed E-state index contributed by atoms with van der Waals surface area (Å²) in [6.07, 6.45) is 3.14. The molecule has 0 aliphatic rings. The van der Waals surface area contributed by atoms with Crippen molar-refractivity contribution in [2.24, 2.45) is 0 Å². The molecule has 0 aromatic carbocycles. The van der Waals surface area contributed by atoms with Crippen molar-refractivity contribution >= 4 is 32.9 Å². The molecule has 18 heavy (non-hydrogen) atoms. The zero-order valence-corrected chi connectivity index (χ0v) is 10.4. The summed E-state index contributed by atoms with van der Waals surface area (Å²) in [6, 6.07) is 0. The molecule has 0 aliphatic heterocycles. The summed E-state index contributed by atoms with van der Waals surface area (Å²) < 4.78 is 0. The van der Waals surface area contributed by atoms with Crippen LogP contribution in [0.2, 0.25) is 0 Å². The molecule has 0 unspecified atom stereocenters. The molecule has 3 rings (SSSR count). The monoisotopic (exact) mass is 278 g/mol. The van der Waals surface area contributed by atoms with Crippen molar-refractivity contribution in [1.82, 2.24) is 30.4 Å². The van der Waals surface area contributed by atoms with Crippen molar-refractivity contribution in [2.45, 2.75) is 0 Å². The second kappa shape index (κ2) is 4.23. The number of rotatable bonds is 2. The second-order valence-corrected chi connectivity index (χ2v) is 5.16. The summed E-state index contributed by atoms with van der Waals surface area (Å²) in [4.78, 5) is 8.47. The molecule has 3 heterocycles. The molecule has 0 bridgehead atoms. The Bertz CT molecular complexity index is 630. The number of nitrogen functional groups attached to an aromatic ring is 2. The predicted octanol–water partition coefficient (Wildman–Crippen LogP) is 0.678. The molecule has 0 aliphatic carbocycles. The third kappa shape index (κ3) is 1.87. The molecule has 0 fully saturated rings. The van der Waals surface area contributed by atoms with Crippen molar-refractivity contribution in [3.8, 4) is 21.4 Å². The number of anilines is 2. The first-order chi connectivity index (χ1) is 8.74. The standard InChI is InChI=1S/C8H6N8S2/c9-7-15-13-5(17-7)3-4(12-2-1-11-3)6-14-16-8(10)18-6/h1-2H,(H2,9,15)(H2,10,16). The Balaban J connectivity index is 2.16. The van der Waals surface area contributed by atoms with E-state index in [2.05, 4.69) is 30.4 Å². The van der Waals surface area contributed by atoms with Crippen LogP contribution in [0.25, 0.3) is 21.4 Å². The van der Waals surface area contributed by atoms with E-state index in [1.54, 1.807) is 12.4 Å². The van der Waals surface area contributed by atoms with E-state index in [4.69, 9.17) is 11.5 Å². The van der Waals surface area contributed by atoms with E-state index >= 15 is 0 Å². The van der Waals surface area contributed by atoms with Crippen molar-refractivity contribution in [3.05, 3.63) is 12.4 Å². The molecule has 3 aromatic rings. The van der Waals surface area contributed by atoms with Gasteiger partial charge in [-0.25, -0.2) is 9.97 Å². The minimum atomic E-state index is 0.374. The van der Waals surface area contributed by atoms with Crippen LogP contribution in [0.3, 0.4) is 0 Å². The van der Waals surface area contributed by atoms with Crippen LogP contribution in [0.4, 0.5) is 10.3 Å². The fourth-order valence-corrected chi connectivity index (χ4v) is 2.53. The maximum atomic E-state index is 5.56. The molecule has 0 saturated heterocycles. The molecule has 10 heteroatoms. The highest BCUT2D eigenvalue weighted by Crippen LogP contribution is 2.32.